The number of thioether (sulfide) groups is 1. The van der Waals surface area contributed by atoms with E-state index in [1.165, 1.54) is 11.8 Å². The van der Waals surface area contributed by atoms with Gasteiger partial charge in [-0.25, -0.2) is 0 Å². The minimum absolute atomic E-state index is 0.0752. The molecule has 0 amide bonds. The number of hydrogen-bond donors (Lipinski definition) is 0. The summed E-state index contributed by atoms with van der Waals surface area (Å²) in [7, 11) is 0. The summed E-state index contributed by atoms with van der Waals surface area (Å²) < 4.78 is 15.1. The maximum atomic E-state index is 12.6. The highest BCUT2D eigenvalue weighted by atomic mass is 32.2. The first kappa shape index (κ1) is 21.0. The first-order valence-corrected chi connectivity index (χ1v) is 8.82. The van der Waals surface area contributed by atoms with Crippen LogP contribution in [-0.2, 0) is 23.9 Å². The second kappa shape index (κ2) is 9.46. The fourth-order valence-corrected chi connectivity index (χ4v) is 3.24. The van der Waals surface area contributed by atoms with E-state index in [9.17, 15) is 14.4 Å². The van der Waals surface area contributed by atoms with Crippen LogP contribution in [0.25, 0.3) is 0 Å². The number of esters is 1. The van der Waals surface area contributed by atoms with Gasteiger partial charge in [0.1, 0.15) is 12.4 Å². The highest BCUT2D eigenvalue weighted by Crippen LogP contribution is 2.30. The highest BCUT2D eigenvalue weighted by Gasteiger charge is 2.32. The molecule has 25 heavy (non-hydrogen) atoms. The van der Waals surface area contributed by atoms with Crippen molar-refractivity contribution >= 4 is 30.7 Å². The van der Waals surface area contributed by atoms with Crippen molar-refractivity contribution in [1.82, 2.24) is 0 Å². The Morgan fingerprint density at radius 3 is 2.28 bits per heavy atom. The van der Waals surface area contributed by atoms with Crippen LogP contribution < -0.4 is 4.74 Å². The van der Waals surface area contributed by atoms with Gasteiger partial charge < -0.3 is 14.2 Å². The van der Waals surface area contributed by atoms with Crippen molar-refractivity contribution in [1.29, 1.82) is 0 Å². The summed E-state index contributed by atoms with van der Waals surface area (Å²) in [5.41, 5.74) is 1.41. The molecule has 0 spiro atoms. The Kier molecular flexibility index (Phi) is 7.96. The average molecular weight is 368 g/mol. The second-order valence-electron chi connectivity index (χ2n) is 6.40. The van der Waals surface area contributed by atoms with Crippen LogP contribution in [0.15, 0.2) is 12.1 Å². The van der Waals surface area contributed by atoms with Gasteiger partial charge in [-0.05, 0) is 45.7 Å². The Morgan fingerprint density at radius 2 is 1.76 bits per heavy atom. The zero-order valence-corrected chi connectivity index (χ0v) is 16.0. The van der Waals surface area contributed by atoms with Gasteiger partial charge in [0.15, 0.2) is 5.44 Å². The van der Waals surface area contributed by atoms with E-state index < -0.39 is 10.9 Å². The Balaban J connectivity index is 2.75. The molecule has 6 nitrogen and oxygen atoms in total. The number of benzene rings is 1. The van der Waals surface area contributed by atoms with E-state index in [0.717, 1.165) is 16.7 Å². The number of aryl methyl sites for hydroxylation is 3. The van der Waals surface area contributed by atoms with Gasteiger partial charge >= 0.3 is 5.97 Å². The summed E-state index contributed by atoms with van der Waals surface area (Å²) in [6.07, 6.45) is 0. The third-order valence-electron chi connectivity index (χ3n) is 3.49. The summed E-state index contributed by atoms with van der Waals surface area (Å²) in [6, 6.07) is 3.92. The summed E-state index contributed by atoms with van der Waals surface area (Å²) in [5.74, 6) is 0.520. The topological polar surface area (TPSA) is 78.9 Å². The quantitative estimate of drug-likeness (QED) is 0.272. The summed E-state index contributed by atoms with van der Waals surface area (Å²) in [5, 5.41) is 0. The van der Waals surface area contributed by atoms with E-state index >= 15 is 0 Å². The molecule has 1 atom stereocenters. The van der Waals surface area contributed by atoms with E-state index in [1.807, 2.05) is 32.9 Å². The molecular formula is C18H24O6S. The molecule has 1 unspecified atom stereocenters. The first-order chi connectivity index (χ1) is 11.7. The third-order valence-corrected chi connectivity index (χ3v) is 5.00. The van der Waals surface area contributed by atoms with Crippen LogP contribution in [0.4, 0.5) is 0 Å². The lowest BCUT2D eigenvalue weighted by molar-refractivity contribution is -0.142. The SMILES string of the molecule is Cc1cc(C)c(OC(=O)C(C)(C)CSC(COC=O)OC=O)c(C)c1. The number of rotatable bonds is 10. The van der Waals surface area contributed by atoms with Crippen LogP contribution in [0, 0.1) is 26.2 Å². The van der Waals surface area contributed by atoms with E-state index in [0.29, 0.717) is 11.5 Å². The van der Waals surface area contributed by atoms with Crippen molar-refractivity contribution in [3.05, 3.63) is 28.8 Å². The lowest BCUT2D eigenvalue weighted by Crippen LogP contribution is -2.33. The van der Waals surface area contributed by atoms with Gasteiger partial charge in [-0.1, -0.05) is 17.7 Å². The molecule has 0 N–H and O–H groups in total. The molecule has 0 bridgehead atoms. The van der Waals surface area contributed by atoms with Crippen molar-refractivity contribution in [2.45, 2.75) is 40.1 Å². The van der Waals surface area contributed by atoms with Crippen molar-refractivity contribution in [2.24, 2.45) is 5.41 Å². The zero-order valence-electron chi connectivity index (χ0n) is 15.2. The van der Waals surface area contributed by atoms with E-state index in [4.69, 9.17) is 9.47 Å². The van der Waals surface area contributed by atoms with Crippen LogP contribution in [0.1, 0.15) is 30.5 Å². The van der Waals surface area contributed by atoms with Crippen LogP contribution in [0.5, 0.6) is 5.75 Å². The van der Waals surface area contributed by atoms with Crippen LogP contribution in [-0.4, -0.2) is 36.7 Å². The highest BCUT2D eigenvalue weighted by molar-refractivity contribution is 7.99. The molecule has 1 aromatic rings. The number of ether oxygens (including phenoxy) is 3. The van der Waals surface area contributed by atoms with Gasteiger partial charge in [-0.15, -0.1) is 11.8 Å². The van der Waals surface area contributed by atoms with Gasteiger partial charge in [0.05, 0.1) is 5.41 Å². The molecule has 0 aliphatic heterocycles. The lowest BCUT2D eigenvalue weighted by atomic mass is 9.96. The van der Waals surface area contributed by atoms with E-state index in [2.05, 4.69) is 4.74 Å². The first-order valence-electron chi connectivity index (χ1n) is 7.77. The third kappa shape index (κ3) is 6.42. The number of hydrogen-bond acceptors (Lipinski definition) is 7. The zero-order chi connectivity index (χ0) is 19.0. The minimum Gasteiger partial charge on any atom is -0.463 e. The molecule has 0 heterocycles. The number of carbonyl (C=O) groups is 3. The molecule has 0 radical (unpaired) electrons. The predicted molar refractivity (Wildman–Crippen MR) is 95.5 cm³/mol. The van der Waals surface area contributed by atoms with Crippen molar-refractivity contribution < 1.29 is 28.6 Å². The van der Waals surface area contributed by atoms with E-state index in [1.54, 1.807) is 13.8 Å². The number of carbonyl (C=O) groups excluding carboxylic acids is 3. The van der Waals surface area contributed by atoms with Crippen LogP contribution >= 0.6 is 11.8 Å². The van der Waals surface area contributed by atoms with Gasteiger partial charge in [-0.3, -0.25) is 14.4 Å². The summed E-state index contributed by atoms with van der Waals surface area (Å²) in [4.78, 5) is 33.3. The van der Waals surface area contributed by atoms with Crippen LogP contribution in [0.2, 0.25) is 0 Å². The normalized spacial score (nSPS) is 12.2. The molecule has 0 saturated heterocycles. The molecule has 0 saturated carbocycles. The Bertz CT molecular complexity index is 603. The lowest BCUT2D eigenvalue weighted by Gasteiger charge is -2.25. The largest absolute Gasteiger partial charge is 0.463 e. The monoisotopic (exact) mass is 368 g/mol. The Hall–Kier alpha value is -2.02. The summed E-state index contributed by atoms with van der Waals surface area (Å²) >= 11 is 1.20. The fraction of sp³-hybridized carbons (Fsp3) is 0.500. The Morgan fingerprint density at radius 1 is 1.16 bits per heavy atom. The fourth-order valence-electron chi connectivity index (χ4n) is 2.23. The molecule has 0 aliphatic carbocycles. The molecule has 1 aromatic carbocycles. The predicted octanol–water partition coefficient (Wildman–Crippen LogP) is 2.95. The van der Waals surface area contributed by atoms with Crippen molar-refractivity contribution in [2.75, 3.05) is 12.4 Å². The van der Waals surface area contributed by atoms with Gasteiger partial charge in [0.25, 0.3) is 12.9 Å². The molecule has 0 aromatic heterocycles. The Labute approximate surface area is 152 Å². The van der Waals surface area contributed by atoms with Crippen molar-refractivity contribution in [3.8, 4) is 5.75 Å². The van der Waals surface area contributed by atoms with Gasteiger partial charge in [0, 0.05) is 5.75 Å². The van der Waals surface area contributed by atoms with Gasteiger partial charge in [-0.2, -0.15) is 0 Å². The molecule has 0 aliphatic rings. The molecule has 1 rings (SSSR count). The minimum atomic E-state index is -0.819. The van der Waals surface area contributed by atoms with Gasteiger partial charge in [0.2, 0.25) is 0 Å². The standard InChI is InChI=1S/C18H24O6S/c1-12-6-13(2)16(14(3)7-12)24-17(21)18(4,5)9-25-15(23-11-20)8-22-10-19/h6-7,10-11,15H,8-9H2,1-5H3. The maximum Gasteiger partial charge on any atom is 0.317 e. The molecule has 138 valence electrons. The van der Waals surface area contributed by atoms with Crippen molar-refractivity contribution in [3.63, 3.8) is 0 Å². The smallest absolute Gasteiger partial charge is 0.317 e. The molecule has 0 fully saturated rings. The van der Waals surface area contributed by atoms with E-state index in [-0.39, 0.29) is 25.5 Å². The molecular weight excluding hydrogens is 344 g/mol. The van der Waals surface area contributed by atoms with Crippen LogP contribution in [0.3, 0.4) is 0 Å². The molecule has 7 heteroatoms. The summed E-state index contributed by atoms with van der Waals surface area (Å²) in [6.45, 7) is 9.78. The second-order valence-corrected chi connectivity index (χ2v) is 7.55. The maximum absolute atomic E-state index is 12.6. The average Bonchev–Trinajstić information content (AvgIpc) is 2.53.